The van der Waals surface area contributed by atoms with E-state index in [9.17, 15) is 9.59 Å². The van der Waals surface area contributed by atoms with E-state index in [1.165, 1.54) is 14.2 Å². The van der Waals surface area contributed by atoms with Crippen molar-refractivity contribution in [3.63, 3.8) is 0 Å². The van der Waals surface area contributed by atoms with Gasteiger partial charge < -0.3 is 19.5 Å². The second-order valence-electron chi connectivity index (χ2n) is 5.13. The van der Waals surface area contributed by atoms with Gasteiger partial charge in [-0.15, -0.1) is 0 Å². The van der Waals surface area contributed by atoms with E-state index in [0.717, 1.165) is 5.56 Å². The average Bonchev–Trinajstić information content (AvgIpc) is 2.69. The first-order valence-electron chi connectivity index (χ1n) is 7.82. The zero-order chi connectivity index (χ0) is 18.8. The summed E-state index contributed by atoms with van der Waals surface area (Å²) in [6, 6.07) is 12.5. The Morgan fingerprint density at radius 3 is 2.46 bits per heavy atom. The quantitative estimate of drug-likeness (QED) is 0.638. The molecule has 0 fully saturated rings. The SMILES string of the molecule is COc1cc(C#CCNC(=O)OCc2ccccc2)c(C=O)cc1OC. The fourth-order valence-electron chi connectivity index (χ4n) is 2.13. The van der Waals surface area contributed by atoms with E-state index < -0.39 is 6.09 Å². The van der Waals surface area contributed by atoms with Gasteiger partial charge in [0.25, 0.3) is 0 Å². The van der Waals surface area contributed by atoms with Gasteiger partial charge in [0.1, 0.15) is 6.61 Å². The predicted molar refractivity (Wildman–Crippen MR) is 96.4 cm³/mol. The van der Waals surface area contributed by atoms with Crippen LogP contribution in [0.25, 0.3) is 0 Å². The Balaban J connectivity index is 1.93. The number of hydrogen-bond donors (Lipinski definition) is 1. The molecule has 0 aliphatic rings. The van der Waals surface area contributed by atoms with Crippen LogP contribution in [0, 0.1) is 11.8 Å². The molecule has 2 aromatic carbocycles. The molecule has 0 unspecified atom stereocenters. The molecule has 0 radical (unpaired) electrons. The van der Waals surface area contributed by atoms with Gasteiger partial charge in [0.2, 0.25) is 0 Å². The summed E-state index contributed by atoms with van der Waals surface area (Å²) in [4.78, 5) is 22.8. The van der Waals surface area contributed by atoms with Gasteiger partial charge in [0.05, 0.1) is 20.8 Å². The van der Waals surface area contributed by atoms with Gasteiger partial charge in [-0.3, -0.25) is 4.79 Å². The molecule has 2 aromatic rings. The third-order valence-electron chi connectivity index (χ3n) is 3.44. The lowest BCUT2D eigenvalue weighted by Gasteiger charge is -2.09. The summed E-state index contributed by atoms with van der Waals surface area (Å²) in [7, 11) is 2.99. The van der Waals surface area contributed by atoms with E-state index in [2.05, 4.69) is 17.2 Å². The fraction of sp³-hybridized carbons (Fsp3) is 0.200. The third kappa shape index (κ3) is 5.28. The molecular formula is C20H19NO5. The van der Waals surface area contributed by atoms with Crippen LogP contribution >= 0.6 is 0 Å². The Hall–Kier alpha value is -3.46. The lowest BCUT2D eigenvalue weighted by molar-refractivity contribution is 0.112. The first kappa shape index (κ1) is 18.9. The number of hydrogen-bond acceptors (Lipinski definition) is 5. The summed E-state index contributed by atoms with van der Waals surface area (Å²) in [6.07, 6.45) is 0.124. The molecule has 6 heteroatoms. The molecule has 0 saturated carbocycles. The van der Waals surface area contributed by atoms with E-state index in [1.54, 1.807) is 12.1 Å². The smallest absolute Gasteiger partial charge is 0.408 e. The molecule has 0 aromatic heterocycles. The summed E-state index contributed by atoms with van der Waals surface area (Å²) in [6.45, 7) is 0.269. The summed E-state index contributed by atoms with van der Waals surface area (Å²) >= 11 is 0. The standard InChI is InChI=1S/C20H19NO5/c1-24-18-11-16(17(13-22)12-19(18)25-2)9-6-10-21-20(23)26-14-15-7-4-3-5-8-15/h3-5,7-8,11-13H,10,14H2,1-2H3,(H,21,23). The Kier molecular flexibility index (Phi) is 7.07. The van der Waals surface area contributed by atoms with Crippen molar-refractivity contribution in [2.24, 2.45) is 0 Å². The van der Waals surface area contributed by atoms with E-state index in [0.29, 0.717) is 28.9 Å². The van der Waals surface area contributed by atoms with Crippen LogP contribution in [-0.4, -0.2) is 33.1 Å². The lowest BCUT2D eigenvalue weighted by Crippen LogP contribution is -2.24. The Morgan fingerprint density at radius 2 is 1.81 bits per heavy atom. The van der Waals surface area contributed by atoms with Crippen molar-refractivity contribution in [1.82, 2.24) is 5.32 Å². The largest absolute Gasteiger partial charge is 0.493 e. The number of ether oxygens (including phenoxy) is 3. The minimum absolute atomic E-state index is 0.0836. The number of rotatable bonds is 6. The van der Waals surface area contributed by atoms with Crippen molar-refractivity contribution in [3.05, 3.63) is 59.2 Å². The van der Waals surface area contributed by atoms with Crippen LogP contribution < -0.4 is 14.8 Å². The molecule has 1 amide bonds. The average molecular weight is 353 g/mol. The monoisotopic (exact) mass is 353 g/mol. The molecule has 0 heterocycles. The maximum absolute atomic E-state index is 11.6. The Labute approximate surface area is 152 Å². The summed E-state index contributed by atoms with van der Waals surface area (Å²) in [5.41, 5.74) is 1.76. The van der Waals surface area contributed by atoms with Crippen LogP contribution in [0.15, 0.2) is 42.5 Å². The second-order valence-corrected chi connectivity index (χ2v) is 5.13. The van der Waals surface area contributed by atoms with Crippen molar-refractivity contribution in [1.29, 1.82) is 0 Å². The van der Waals surface area contributed by atoms with Gasteiger partial charge in [-0.25, -0.2) is 4.79 Å². The number of amides is 1. The normalized spacial score (nSPS) is 9.46. The molecule has 6 nitrogen and oxygen atoms in total. The Bertz CT molecular complexity index is 821. The second kappa shape index (κ2) is 9.74. The molecule has 0 spiro atoms. The maximum Gasteiger partial charge on any atom is 0.408 e. The number of methoxy groups -OCH3 is 2. The minimum atomic E-state index is -0.564. The van der Waals surface area contributed by atoms with Crippen LogP contribution in [0.4, 0.5) is 4.79 Å². The molecule has 0 aliphatic heterocycles. The highest BCUT2D eigenvalue weighted by Gasteiger charge is 2.09. The van der Waals surface area contributed by atoms with Crippen LogP contribution in [0.5, 0.6) is 11.5 Å². The van der Waals surface area contributed by atoms with E-state index in [-0.39, 0.29) is 13.2 Å². The maximum atomic E-state index is 11.6. The van der Waals surface area contributed by atoms with Crippen molar-refractivity contribution in [3.8, 4) is 23.3 Å². The zero-order valence-electron chi connectivity index (χ0n) is 14.6. The highest BCUT2D eigenvalue weighted by molar-refractivity contribution is 5.81. The highest BCUT2D eigenvalue weighted by Crippen LogP contribution is 2.29. The molecule has 1 N–H and O–H groups in total. The third-order valence-corrected chi connectivity index (χ3v) is 3.44. The summed E-state index contributed by atoms with van der Waals surface area (Å²) in [5, 5.41) is 2.53. The van der Waals surface area contributed by atoms with E-state index in [4.69, 9.17) is 14.2 Å². The molecule has 0 saturated heterocycles. The number of benzene rings is 2. The zero-order valence-corrected chi connectivity index (χ0v) is 14.6. The molecular weight excluding hydrogens is 334 g/mol. The predicted octanol–water partition coefficient (Wildman–Crippen LogP) is 2.79. The van der Waals surface area contributed by atoms with Gasteiger partial charge in [-0.1, -0.05) is 42.2 Å². The van der Waals surface area contributed by atoms with Gasteiger partial charge in [0, 0.05) is 17.2 Å². The van der Waals surface area contributed by atoms with Crippen LogP contribution in [0.3, 0.4) is 0 Å². The summed E-state index contributed by atoms with van der Waals surface area (Å²) < 4.78 is 15.4. The van der Waals surface area contributed by atoms with Gasteiger partial charge >= 0.3 is 6.09 Å². The van der Waals surface area contributed by atoms with Crippen LogP contribution in [-0.2, 0) is 11.3 Å². The van der Waals surface area contributed by atoms with E-state index in [1.807, 2.05) is 30.3 Å². The van der Waals surface area contributed by atoms with Gasteiger partial charge in [-0.05, 0) is 11.6 Å². The number of aldehydes is 1. The number of alkyl carbamates (subject to hydrolysis) is 1. The van der Waals surface area contributed by atoms with E-state index >= 15 is 0 Å². The molecule has 0 aliphatic carbocycles. The topological polar surface area (TPSA) is 73.9 Å². The molecule has 2 rings (SSSR count). The number of carbonyl (C=O) groups is 2. The summed E-state index contributed by atoms with van der Waals surface area (Å²) in [5.74, 6) is 6.53. The van der Waals surface area contributed by atoms with Crippen LogP contribution in [0.2, 0.25) is 0 Å². The van der Waals surface area contributed by atoms with Gasteiger partial charge in [-0.2, -0.15) is 0 Å². The fourth-order valence-corrected chi connectivity index (χ4v) is 2.13. The van der Waals surface area contributed by atoms with Crippen LogP contribution in [0.1, 0.15) is 21.5 Å². The first-order valence-corrected chi connectivity index (χ1v) is 7.82. The highest BCUT2D eigenvalue weighted by atomic mass is 16.5. The first-order chi connectivity index (χ1) is 12.7. The van der Waals surface area contributed by atoms with Crippen molar-refractivity contribution >= 4 is 12.4 Å². The van der Waals surface area contributed by atoms with Crippen molar-refractivity contribution in [2.45, 2.75) is 6.61 Å². The molecule has 26 heavy (non-hydrogen) atoms. The van der Waals surface area contributed by atoms with Crippen molar-refractivity contribution < 1.29 is 23.8 Å². The lowest BCUT2D eigenvalue weighted by atomic mass is 10.1. The van der Waals surface area contributed by atoms with Gasteiger partial charge in [0.15, 0.2) is 17.8 Å². The Morgan fingerprint density at radius 1 is 1.12 bits per heavy atom. The minimum Gasteiger partial charge on any atom is -0.493 e. The molecule has 0 atom stereocenters. The molecule has 0 bridgehead atoms. The molecule has 134 valence electrons. The number of carbonyl (C=O) groups excluding carboxylic acids is 2. The van der Waals surface area contributed by atoms with Crippen molar-refractivity contribution in [2.75, 3.05) is 20.8 Å². The number of nitrogens with one attached hydrogen (secondary N) is 1.